The Morgan fingerprint density at radius 3 is 2.12 bits per heavy atom. The van der Waals surface area contributed by atoms with E-state index in [2.05, 4.69) is 15.4 Å². The molecule has 166 valence electrons. The zero-order valence-corrected chi connectivity index (χ0v) is 20.2. The summed E-state index contributed by atoms with van der Waals surface area (Å²) in [5.41, 5.74) is 3.15. The van der Waals surface area contributed by atoms with E-state index in [1.54, 1.807) is 18.2 Å². The van der Waals surface area contributed by atoms with Gasteiger partial charge < -0.3 is 5.32 Å². The molecule has 0 aliphatic rings. The number of hydrogen-bond donors (Lipinski definition) is 3. The zero-order chi connectivity index (χ0) is 23.5. The van der Waals surface area contributed by atoms with Crippen LogP contribution in [0, 0.1) is 13.8 Å². The van der Waals surface area contributed by atoms with E-state index in [1.165, 1.54) is 30.3 Å². The van der Waals surface area contributed by atoms with Gasteiger partial charge in [-0.1, -0.05) is 40.9 Å². The molecule has 6 nitrogen and oxygen atoms in total. The fourth-order valence-corrected chi connectivity index (χ4v) is 4.74. The van der Waals surface area contributed by atoms with E-state index in [0.717, 1.165) is 11.1 Å². The van der Waals surface area contributed by atoms with E-state index in [-0.39, 0.29) is 15.6 Å². The summed E-state index contributed by atoms with van der Waals surface area (Å²) in [5, 5.41) is 6.05. The first kappa shape index (κ1) is 24.0. The molecule has 0 bridgehead atoms. The third-order valence-corrected chi connectivity index (χ3v) is 6.42. The maximum absolute atomic E-state index is 12.7. The summed E-state index contributed by atoms with van der Waals surface area (Å²) >= 11 is 17.0. The zero-order valence-electron chi connectivity index (χ0n) is 17.1. The van der Waals surface area contributed by atoms with Crippen LogP contribution < -0.4 is 15.4 Å². The number of halogens is 2. The Morgan fingerprint density at radius 2 is 1.53 bits per heavy atom. The van der Waals surface area contributed by atoms with Crippen molar-refractivity contribution in [2.24, 2.45) is 0 Å². The summed E-state index contributed by atoms with van der Waals surface area (Å²) in [5.74, 6) is -0.483. The predicted octanol–water partition coefficient (Wildman–Crippen LogP) is 5.54. The molecule has 0 fully saturated rings. The second-order valence-electron chi connectivity index (χ2n) is 7.01. The van der Waals surface area contributed by atoms with Gasteiger partial charge in [-0.25, -0.2) is 8.42 Å². The third kappa shape index (κ3) is 6.20. The lowest BCUT2D eigenvalue weighted by molar-refractivity contribution is 0.0977. The Labute approximate surface area is 202 Å². The van der Waals surface area contributed by atoms with E-state index in [9.17, 15) is 13.2 Å². The molecule has 0 saturated heterocycles. The largest absolute Gasteiger partial charge is 0.332 e. The van der Waals surface area contributed by atoms with Crippen LogP contribution in [0.15, 0.2) is 65.6 Å². The van der Waals surface area contributed by atoms with E-state index in [0.29, 0.717) is 21.4 Å². The number of amides is 1. The Bertz CT molecular complexity index is 1270. The molecule has 0 radical (unpaired) electrons. The highest BCUT2D eigenvalue weighted by atomic mass is 35.5. The molecule has 1 amide bonds. The Hall–Kier alpha value is -2.65. The molecule has 0 aromatic heterocycles. The first-order valence-corrected chi connectivity index (χ1v) is 12.0. The van der Waals surface area contributed by atoms with E-state index < -0.39 is 15.9 Å². The van der Waals surface area contributed by atoms with Gasteiger partial charge in [0.2, 0.25) is 0 Å². The maximum Gasteiger partial charge on any atom is 0.261 e. The van der Waals surface area contributed by atoms with Crippen LogP contribution in [-0.2, 0) is 10.0 Å². The number of benzene rings is 3. The van der Waals surface area contributed by atoms with Gasteiger partial charge in [0.1, 0.15) is 0 Å². The second-order valence-corrected chi connectivity index (χ2v) is 9.98. The number of rotatable bonds is 5. The molecule has 0 saturated carbocycles. The molecule has 0 heterocycles. The fourth-order valence-electron chi connectivity index (χ4n) is 2.87. The number of hydrogen-bond acceptors (Lipinski definition) is 4. The minimum atomic E-state index is -3.76. The number of nitrogens with one attached hydrogen (secondary N) is 3. The van der Waals surface area contributed by atoms with Gasteiger partial charge in [-0.3, -0.25) is 14.8 Å². The van der Waals surface area contributed by atoms with Crippen LogP contribution in [0.4, 0.5) is 11.4 Å². The van der Waals surface area contributed by atoms with Crippen molar-refractivity contribution in [3.8, 4) is 0 Å². The summed E-state index contributed by atoms with van der Waals surface area (Å²) in [6.45, 7) is 3.78. The molecule has 3 N–H and O–H groups in total. The highest BCUT2D eigenvalue weighted by Gasteiger charge is 2.16. The molecule has 32 heavy (non-hydrogen) atoms. The average Bonchev–Trinajstić information content (AvgIpc) is 2.69. The predicted molar refractivity (Wildman–Crippen MR) is 133 cm³/mol. The molecule has 3 rings (SSSR count). The van der Waals surface area contributed by atoms with E-state index in [4.69, 9.17) is 35.4 Å². The van der Waals surface area contributed by atoms with Crippen molar-refractivity contribution in [2.75, 3.05) is 10.0 Å². The molecular formula is C22H19Cl2N3O3S2. The summed E-state index contributed by atoms with van der Waals surface area (Å²) in [6.07, 6.45) is 0. The molecule has 3 aromatic rings. The number of thiocarbonyl (C=S) groups is 1. The highest BCUT2D eigenvalue weighted by molar-refractivity contribution is 7.92. The SMILES string of the molecule is Cc1ccc(NS(=O)(=O)c2ccc(NC(=S)NC(=O)c3cc(Cl)cc(Cl)c3)cc2)c(C)c1. The molecule has 0 aliphatic heterocycles. The fraction of sp³-hybridized carbons (Fsp3) is 0.0909. The number of carbonyl (C=O) groups is 1. The van der Waals surface area contributed by atoms with Gasteiger partial charge in [-0.05, 0) is 80.2 Å². The average molecular weight is 508 g/mol. The van der Waals surface area contributed by atoms with Crippen LogP contribution in [0.3, 0.4) is 0 Å². The molecule has 3 aromatic carbocycles. The van der Waals surface area contributed by atoms with Gasteiger partial charge in [0.15, 0.2) is 5.11 Å². The van der Waals surface area contributed by atoms with Gasteiger partial charge in [0, 0.05) is 21.3 Å². The maximum atomic E-state index is 12.7. The van der Waals surface area contributed by atoms with Crippen molar-refractivity contribution in [3.05, 3.63) is 87.4 Å². The monoisotopic (exact) mass is 507 g/mol. The standard InChI is InChI=1S/C22H19Cl2N3O3S2/c1-13-3-8-20(14(2)9-13)27-32(29,30)19-6-4-18(5-7-19)25-22(31)26-21(28)15-10-16(23)12-17(24)11-15/h3-12,27H,1-2H3,(H2,25,26,28,31). The molecular weight excluding hydrogens is 489 g/mol. The van der Waals surface area contributed by atoms with Crippen LogP contribution in [0.2, 0.25) is 10.0 Å². The Morgan fingerprint density at radius 1 is 0.906 bits per heavy atom. The van der Waals surface area contributed by atoms with Crippen LogP contribution in [0.1, 0.15) is 21.5 Å². The number of anilines is 2. The summed E-state index contributed by atoms with van der Waals surface area (Å²) in [6, 6.07) is 15.9. The quantitative estimate of drug-likeness (QED) is 0.394. The molecule has 0 spiro atoms. The van der Waals surface area contributed by atoms with Crippen LogP contribution in [0.25, 0.3) is 0 Å². The first-order chi connectivity index (χ1) is 15.0. The molecule has 0 aliphatic carbocycles. The Kier molecular flexibility index (Phi) is 7.40. The van der Waals surface area contributed by atoms with Crippen molar-refractivity contribution in [3.63, 3.8) is 0 Å². The topological polar surface area (TPSA) is 87.3 Å². The van der Waals surface area contributed by atoms with Crippen molar-refractivity contribution in [2.45, 2.75) is 18.7 Å². The lowest BCUT2D eigenvalue weighted by atomic mass is 10.1. The lowest BCUT2D eigenvalue weighted by Crippen LogP contribution is -2.34. The van der Waals surface area contributed by atoms with Crippen molar-refractivity contribution in [1.82, 2.24) is 5.32 Å². The van der Waals surface area contributed by atoms with Crippen LogP contribution in [0.5, 0.6) is 0 Å². The van der Waals surface area contributed by atoms with E-state index in [1.807, 2.05) is 26.0 Å². The second kappa shape index (κ2) is 9.87. The van der Waals surface area contributed by atoms with Crippen molar-refractivity contribution < 1.29 is 13.2 Å². The number of aryl methyl sites for hydroxylation is 2. The number of sulfonamides is 1. The van der Waals surface area contributed by atoms with Gasteiger partial charge in [-0.2, -0.15) is 0 Å². The molecule has 0 unspecified atom stereocenters. The van der Waals surface area contributed by atoms with Crippen molar-refractivity contribution >= 4 is 67.8 Å². The normalized spacial score (nSPS) is 11.0. The summed E-state index contributed by atoms with van der Waals surface area (Å²) in [7, 11) is -3.76. The minimum absolute atomic E-state index is 0.0371. The van der Waals surface area contributed by atoms with Crippen LogP contribution in [-0.4, -0.2) is 19.4 Å². The first-order valence-electron chi connectivity index (χ1n) is 9.32. The summed E-state index contributed by atoms with van der Waals surface area (Å²) < 4.78 is 28.0. The van der Waals surface area contributed by atoms with Gasteiger partial charge in [0.25, 0.3) is 15.9 Å². The number of carbonyl (C=O) groups excluding carboxylic acids is 1. The molecule has 0 atom stereocenters. The Balaban J connectivity index is 1.65. The highest BCUT2D eigenvalue weighted by Crippen LogP contribution is 2.22. The van der Waals surface area contributed by atoms with Crippen LogP contribution >= 0.6 is 35.4 Å². The smallest absolute Gasteiger partial charge is 0.261 e. The summed E-state index contributed by atoms with van der Waals surface area (Å²) in [4.78, 5) is 12.4. The minimum Gasteiger partial charge on any atom is -0.332 e. The lowest BCUT2D eigenvalue weighted by Gasteiger charge is -2.13. The van der Waals surface area contributed by atoms with E-state index >= 15 is 0 Å². The van der Waals surface area contributed by atoms with Gasteiger partial charge in [0.05, 0.1) is 10.6 Å². The van der Waals surface area contributed by atoms with Gasteiger partial charge >= 0.3 is 0 Å². The van der Waals surface area contributed by atoms with Crippen molar-refractivity contribution in [1.29, 1.82) is 0 Å². The molecule has 10 heteroatoms. The van der Waals surface area contributed by atoms with Gasteiger partial charge in [-0.15, -0.1) is 0 Å². The third-order valence-electron chi connectivity index (χ3n) is 4.40.